The van der Waals surface area contributed by atoms with Crippen LogP contribution in [0.25, 0.3) is 10.9 Å². The molecule has 0 spiro atoms. The molecule has 0 atom stereocenters. The minimum absolute atomic E-state index is 0.0379. The first-order valence-electron chi connectivity index (χ1n) is 10.9. The SMILES string of the molecule is CC(=O)c1cccc(NC(=O)CSc2nc3ccccc3c(=O)n2Cc2ccc3c(c2)OCO3)c1. The number of amides is 1. The van der Waals surface area contributed by atoms with Crippen molar-refractivity contribution in [3.8, 4) is 11.5 Å². The van der Waals surface area contributed by atoms with Crippen molar-refractivity contribution in [1.29, 1.82) is 0 Å². The monoisotopic (exact) mass is 487 g/mol. The Labute approximate surface area is 204 Å². The zero-order valence-electron chi connectivity index (χ0n) is 18.8. The number of ether oxygens (including phenoxy) is 2. The van der Waals surface area contributed by atoms with Crippen molar-refractivity contribution in [3.05, 3.63) is 88.2 Å². The van der Waals surface area contributed by atoms with E-state index in [1.165, 1.54) is 18.7 Å². The van der Waals surface area contributed by atoms with Crippen LogP contribution in [0.5, 0.6) is 11.5 Å². The van der Waals surface area contributed by atoms with E-state index in [-0.39, 0.29) is 36.3 Å². The van der Waals surface area contributed by atoms with Crippen LogP contribution in [0.2, 0.25) is 0 Å². The fourth-order valence-electron chi connectivity index (χ4n) is 3.76. The van der Waals surface area contributed by atoms with Gasteiger partial charge in [0.1, 0.15) is 0 Å². The van der Waals surface area contributed by atoms with Gasteiger partial charge in [-0.3, -0.25) is 19.0 Å². The van der Waals surface area contributed by atoms with Crippen molar-refractivity contribution in [1.82, 2.24) is 9.55 Å². The Morgan fingerprint density at radius 1 is 1.03 bits per heavy atom. The molecule has 176 valence electrons. The van der Waals surface area contributed by atoms with Crippen molar-refractivity contribution in [2.24, 2.45) is 0 Å². The van der Waals surface area contributed by atoms with Crippen molar-refractivity contribution in [2.45, 2.75) is 18.6 Å². The Balaban J connectivity index is 1.40. The number of aromatic nitrogens is 2. The van der Waals surface area contributed by atoms with Crippen molar-refractivity contribution in [2.75, 3.05) is 17.9 Å². The first-order chi connectivity index (χ1) is 17.0. The fraction of sp³-hybridized carbons (Fsp3) is 0.154. The number of anilines is 1. The van der Waals surface area contributed by atoms with Crippen LogP contribution in [0.3, 0.4) is 0 Å². The van der Waals surface area contributed by atoms with Crippen LogP contribution in [0.1, 0.15) is 22.8 Å². The third-order valence-electron chi connectivity index (χ3n) is 5.49. The lowest BCUT2D eigenvalue weighted by molar-refractivity contribution is -0.113. The molecule has 1 aliphatic rings. The molecule has 1 amide bonds. The van der Waals surface area contributed by atoms with Crippen LogP contribution in [-0.2, 0) is 11.3 Å². The zero-order valence-corrected chi connectivity index (χ0v) is 19.6. The molecule has 35 heavy (non-hydrogen) atoms. The minimum Gasteiger partial charge on any atom is -0.454 e. The number of thioether (sulfide) groups is 1. The maximum absolute atomic E-state index is 13.3. The van der Waals surface area contributed by atoms with Gasteiger partial charge in [-0.05, 0) is 48.9 Å². The van der Waals surface area contributed by atoms with Crippen LogP contribution in [0.15, 0.2) is 76.7 Å². The van der Waals surface area contributed by atoms with E-state index in [0.29, 0.717) is 38.8 Å². The summed E-state index contributed by atoms with van der Waals surface area (Å²) in [6.45, 7) is 1.90. The predicted molar refractivity (Wildman–Crippen MR) is 133 cm³/mol. The maximum Gasteiger partial charge on any atom is 0.262 e. The Morgan fingerprint density at radius 3 is 2.71 bits per heavy atom. The highest BCUT2D eigenvalue weighted by molar-refractivity contribution is 7.99. The molecule has 0 fully saturated rings. The van der Waals surface area contributed by atoms with Gasteiger partial charge in [0.2, 0.25) is 12.7 Å². The molecule has 0 unspecified atom stereocenters. The van der Waals surface area contributed by atoms with Gasteiger partial charge in [0.05, 0.1) is 23.2 Å². The molecule has 3 aromatic carbocycles. The lowest BCUT2D eigenvalue weighted by atomic mass is 10.1. The molecule has 0 radical (unpaired) electrons. The van der Waals surface area contributed by atoms with Gasteiger partial charge in [0.25, 0.3) is 5.56 Å². The highest BCUT2D eigenvalue weighted by Gasteiger charge is 2.17. The van der Waals surface area contributed by atoms with E-state index in [2.05, 4.69) is 10.3 Å². The summed E-state index contributed by atoms with van der Waals surface area (Å²) >= 11 is 1.18. The Hall–Kier alpha value is -4.11. The summed E-state index contributed by atoms with van der Waals surface area (Å²) in [7, 11) is 0. The average molecular weight is 488 g/mol. The van der Waals surface area contributed by atoms with E-state index < -0.39 is 0 Å². The highest BCUT2D eigenvalue weighted by Crippen LogP contribution is 2.33. The van der Waals surface area contributed by atoms with Gasteiger partial charge in [-0.2, -0.15) is 0 Å². The van der Waals surface area contributed by atoms with Gasteiger partial charge in [0, 0.05) is 11.3 Å². The first-order valence-corrected chi connectivity index (χ1v) is 11.9. The quantitative estimate of drug-likeness (QED) is 0.238. The van der Waals surface area contributed by atoms with Crippen LogP contribution < -0.4 is 20.3 Å². The number of rotatable bonds is 7. The van der Waals surface area contributed by atoms with E-state index in [9.17, 15) is 14.4 Å². The molecule has 1 N–H and O–H groups in total. The number of para-hydroxylation sites is 1. The van der Waals surface area contributed by atoms with Gasteiger partial charge >= 0.3 is 0 Å². The van der Waals surface area contributed by atoms with Crippen LogP contribution in [0, 0.1) is 0 Å². The predicted octanol–water partition coefficient (Wildman–Crippen LogP) is 4.11. The number of carbonyl (C=O) groups excluding carboxylic acids is 2. The Kier molecular flexibility index (Phi) is 6.24. The topological polar surface area (TPSA) is 99.5 Å². The van der Waals surface area contributed by atoms with Gasteiger partial charge in [-0.25, -0.2) is 4.98 Å². The van der Waals surface area contributed by atoms with E-state index in [1.807, 2.05) is 24.3 Å². The number of fused-ring (bicyclic) bond motifs is 2. The number of hydrogen-bond acceptors (Lipinski definition) is 7. The van der Waals surface area contributed by atoms with Crippen molar-refractivity contribution >= 4 is 40.0 Å². The van der Waals surface area contributed by atoms with Crippen LogP contribution >= 0.6 is 11.8 Å². The van der Waals surface area contributed by atoms with Gasteiger partial charge < -0.3 is 14.8 Å². The second-order valence-corrected chi connectivity index (χ2v) is 8.91. The summed E-state index contributed by atoms with van der Waals surface area (Å²) in [5.41, 5.74) is 2.28. The normalized spacial score (nSPS) is 12.0. The van der Waals surface area contributed by atoms with Gasteiger partial charge in [-0.1, -0.05) is 42.1 Å². The first kappa shape index (κ1) is 22.7. The second kappa shape index (κ2) is 9.63. The Morgan fingerprint density at radius 2 is 1.86 bits per heavy atom. The Bertz CT molecular complexity index is 1510. The molecule has 0 saturated carbocycles. The molecule has 4 aromatic rings. The number of Topliss-reactive ketones (excluding diaryl/α,β-unsaturated/α-hetero) is 1. The number of nitrogens with one attached hydrogen (secondary N) is 1. The van der Waals surface area contributed by atoms with Gasteiger partial charge in [-0.15, -0.1) is 0 Å². The third kappa shape index (κ3) is 4.90. The van der Waals surface area contributed by atoms with Crippen molar-refractivity contribution in [3.63, 3.8) is 0 Å². The fourth-order valence-corrected chi connectivity index (χ4v) is 4.56. The molecule has 1 aromatic heterocycles. The molecule has 1 aliphatic heterocycles. The second-order valence-electron chi connectivity index (χ2n) is 7.96. The summed E-state index contributed by atoms with van der Waals surface area (Å²) < 4.78 is 12.4. The number of hydrogen-bond donors (Lipinski definition) is 1. The summed E-state index contributed by atoms with van der Waals surface area (Å²) in [6.07, 6.45) is 0. The summed E-state index contributed by atoms with van der Waals surface area (Å²) in [4.78, 5) is 42.3. The minimum atomic E-state index is -0.271. The summed E-state index contributed by atoms with van der Waals surface area (Å²) in [5.74, 6) is 0.982. The average Bonchev–Trinajstić information content (AvgIpc) is 3.33. The smallest absolute Gasteiger partial charge is 0.262 e. The lowest BCUT2D eigenvalue weighted by Crippen LogP contribution is -2.25. The van der Waals surface area contributed by atoms with E-state index in [4.69, 9.17) is 9.47 Å². The van der Waals surface area contributed by atoms with E-state index in [1.54, 1.807) is 47.0 Å². The molecule has 5 rings (SSSR count). The molecule has 8 nitrogen and oxygen atoms in total. The molecular weight excluding hydrogens is 466 g/mol. The number of benzene rings is 3. The standard InChI is InChI=1S/C26H21N3O5S/c1-16(30)18-5-4-6-19(12-18)27-24(31)14-35-26-28-21-8-3-2-7-20(21)25(32)29(26)13-17-9-10-22-23(11-17)34-15-33-22/h2-12H,13-15H2,1H3,(H,27,31). The van der Waals surface area contributed by atoms with Crippen molar-refractivity contribution < 1.29 is 19.1 Å². The summed E-state index contributed by atoms with van der Waals surface area (Å²) in [6, 6.07) is 19.4. The number of ketones is 1. The zero-order chi connectivity index (χ0) is 24.4. The molecule has 0 bridgehead atoms. The van der Waals surface area contributed by atoms with E-state index >= 15 is 0 Å². The van der Waals surface area contributed by atoms with E-state index in [0.717, 1.165) is 5.56 Å². The molecule has 9 heteroatoms. The molecular formula is C26H21N3O5S. The molecule has 2 heterocycles. The number of carbonyl (C=O) groups is 2. The highest BCUT2D eigenvalue weighted by atomic mass is 32.2. The summed E-state index contributed by atoms with van der Waals surface area (Å²) in [5, 5.41) is 3.73. The molecule has 0 saturated heterocycles. The lowest BCUT2D eigenvalue weighted by Gasteiger charge is -2.14. The largest absolute Gasteiger partial charge is 0.454 e. The van der Waals surface area contributed by atoms with Crippen LogP contribution in [-0.4, -0.2) is 33.8 Å². The third-order valence-corrected chi connectivity index (χ3v) is 6.47. The number of nitrogens with zero attached hydrogens (tertiary/aromatic N) is 2. The van der Waals surface area contributed by atoms with Crippen LogP contribution in [0.4, 0.5) is 5.69 Å². The molecule has 0 aliphatic carbocycles. The van der Waals surface area contributed by atoms with Gasteiger partial charge in [0.15, 0.2) is 22.4 Å². The maximum atomic E-state index is 13.3.